The molecule has 1 aromatic carbocycles. The van der Waals surface area contributed by atoms with Gasteiger partial charge in [0, 0.05) is 24.6 Å². The van der Waals surface area contributed by atoms with Crippen molar-refractivity contribution in [3.05, 3.63) is 48.3 Å². The van der Waals surface area contributed by atoms with Crippen LogP contribution in [0.2, 0.25) is 0 Å². The Morgan fingerprint density at radius 1 is 1.14 bits per heavy atom. The maximum Gasteiger partial charge on any atom is 0.258 e. The second-order valence-electron chi connectivity index (χ2n) is 5.22. The normalized spacial score (nSPS) is 10.4. The highest BCUT2D eigenvalue weighted by Crippen LogP contribution is 2.08. The molecule has 2 N–H and O–H groups in total. The molecular weight excluding hydrogens is 264 g/mol. The van der Waals surface area contributed by atoms with Crippen LogP contribution < -0.4 is 10.6 Å². The van der Waals surface area contributed by atoms with E-state index in [0.29, 0.717) is 17.4 Å². The first-order valence-corrected chi connectivity index (χ1v) is 7.07. The molecule has 0 unspecified atom stereocenters. The summed E-state index contributed by atoms with van der Waals surface area (Å²) in [6.07, 6.45) is 4.12. The molecule has 0 spiro atoms. The van der Waals surface area contributed by atoms with Gasteiger partial charge in [0.05, 0.1) is 5.56 Å². The highest BCUT2D eigenvalue weighted by Gasteiger charge is 2.07. The van der Waals surface area contributed by atoms with Gasteiger partial charge in [-0.25, -0.2) is 9.97 Å². The predicted octanol–water partition coefficient (Wildman–Crippen LogP) is 3.19. The first-order valence-electron chi connectivity index (χ1n) is 7.07. The van der Waals surface area contributed by atoms with Crippen LogP contribution in [0.3, 0.4) is 0 Å². The molecule has 110 valence electrons. The molecule has 5 nitrogen and oxygen atoms in total. The molecule has 1 amide bonds. The standard InChI is InChI=1S/C16H20N4O/c1-12(2)8-9-17-16-18-10-13(11-19-16)15(21)20-14-6-4-3-5-7-14/h3-7,10-12H,8-9H2,1-2H3,(H,20,21)(H,17,18,19). The lowest BCUT2D eigenvalue weighted by Gasteiger charge is -2.07. The van der Waals surface area contributed by atoms with Gasteiger partial charge in [-0.15, -0.1) is 0 Å². The van der Waals surface area contributed by atoms with E-state index >= 15 is 0 Å². The molecule has 0 aliphatic heterocycles. The van der Waals surface area contributed by atoms with Crippen molar-refractivity contribution in [3.8, 4) is 0 Å². The van der Waals surface area contributed by atoms with Crippen LogP contribution >= 0.6 is 0 Å². The van der Waals surface area contributed by atoms with Crippen molar-refractivity contribution < 1.29 is 4.79 Å². The minimum Gasteiger partial charge on any atom is -0.354 e. The van der Waals surface area contributed by atoms with Crippen LogP contribution in [0.1, 0.15) is 30.6 Å². The van der Waals surface area contributed by atoms with E-state index < -0.39 is 0 Å². The summed E-state index contributed by atoms with van der Waals surface area (Å²) < 4.78 is 0. The molecule has 5 heteroatoms. The number of rotatable bonds is 6. The zero-order valence-corrected chi connectivity index (χ0v) is 12.3. The van der Waals surface area contributed by atoms with Gasteiger partial charge in [0.1, 0.15) is 0 Å². The smallest absolute Gasteiger partial charge is 0.258 e. The molecule has 1 aromatic heterocycles. The van der Waals surface area contributed by atoms with Crippen LogP contribution in [-0.4, -0.2) is 22.4 Å². The number of nitrogens with zero attached hydrogens (tertiary/aromatic N) is 2. The lowest BCUT2D eigenvalue weighted by molar-refractivity contribution is 0.102. The third-order valence-corrected chi connectivity index (χ3v) is 2.95. The first kappa shape index (κ1) is 15.0. The molecule has 2 aromatic rings. The number of anilines is 2. The van der Waals surface area contributed by atoms with Crippen molar-refractivity contribution in [1.82, 2.24) is 9.97 Å². The molecule has 21 heavy (non-hydrogen) atoms. The maximum atomic E-state index is 12.0. The molecule has 2 rings (SSSR count). The second-order valence-corrected chi connectivity index (χ2v) is 5.22. The summed E-state index contributed by atoms with van der Waals surface area (Å²) >= 11 is 0. The number of carbonyl (C=O) groups excluding carboxylic acids is 1. The fourth-order valence-electron chi connectivity index (χ4n) is 1.73. The van der Waals surface area contributed by atoms with Gasteiger partial charge >= 0.3 is 0 Å². The molecule has 0 aliphatic carbocycles. The van der Waals surface area contributed by atoms with Crippen LogP contribution in [0.15, 0.2) is 42.7 Å². The Kier molecular flexibility index (Phi) is 5.26. The Bertz CT molecular complexity index is 567. The highest BCUT2D eigenvalue weighted by atomic mass is 16.1. The molecule has 0 bridgehead atoms. The van der Waals surface area contributed by atoms with E-state index in [1.807, 2.05) is 30.3 Å². The molecule has 0 fully saturated rings. The van der Waals surface area contributed by atoms with E-state index in [-0.39, 0.29) is 5.91 Å². The number of amides is 1. The number of nitrogens with one attached hydrogen (secondary N) is 2. The van der Waals surface area contributed by atoms with Gasteiger partial charge in [-0.3, -0.25) is 4.79 Å². The summed E-state index contributed by atoms with van der Waals surface area (Å²) in [7, 11) is 0. The molecule has 0 aliphatic rings. The van der Waals surface area contributed by atoms with Crippen molar-refractivity contribution in [1.29, 1.82) is 0 Å². The Hall–Kier alpha value is -2.43. The summed E-state index contributed by atoms with van der Waals surface area (Å²) in [5.74, 6) is 0.968. The van der Waals surface area contributed by atoms with E-state index in [4.69, 9.17) is 0 Å². The fourth-order valence-corrected chi connectivity index (χ4v) is 1.73. The van der Waals surface area contributed by atoms with E-state index in [1.165, 1.54) is 12.4 Å². The van der Waals surface area contributed by atoms with Gasteiger partial charge in [0.15, 0.2) is 0 Å². The Morgan fingerprint density at radius 3 is 2.43 bits per heavy atom. The Labute approximate surface area is 124 Å². The van der Waals surface area contributed by atoms with Crippen LogP contribution in [0, 0.1) is 5.92 Å². The van der Waals surface area contributed by atoms with Crippen molar-refractivity contribution in [2.24, 2.45) is 5.92 Å². The van der Waals surface area contributed by atoms with Crippen LogP contribution in [-0.2, 0) is 0 Å². The van der Waals surface area contributed by atoms with Crippen LogP contribution in [0.4, 0.5) is 11.6 Å². The first-order chi connectivity index (χ1) is 10.1. The summed E-state index contributed by atoms with van der Waals surface area (Å²) in [5.41, 5.74) is 1.19. The van der Waals surface area contributed by atoms with E-state index in [9.17, 15) is 4.79 Å². The third-order valence-electron chi connectivity index (χ3n) is 2.95. The van der Waals surface area contributed by atoms with E-state index in [1.54, 1.807) is 0 Å². The van der Waals surface area contributed by atoms with E-state index in [0.717, 1.165) is 18.7 Å². The minimum absolute atomic E-state index is 0.213. The summed E-state index contributed by atoms with van der Waals surface area (Å²) in [5, 5.41) is 5.93. The van der Waals surface area contributed by atoms with Crippen LogP contribution in [0.25, 0.3) is 0 Å². The molecule has 0 saturated carbocycles. The molecule has 1 heterocycles. The molecule has 0 atom stereocenters. The number of para-hydroxylation sites is 1. The van der Waals surface area contributed by atoms with Gasteiger partial charge in [-0.2, -0.15) is 0 Å². The molecule has 0 radical (unpaired) electrons. The van der Waals surface area contributed by atoms with Crippen molar-refractivity contribution >= 4 is 17.5 Å². The number of hydrogen-bond donors (Lipinski definition) is 2. The summed E-state index contributed by atoms with van der Waals surface area (Å²) in [6, 6.07) is 9.30. The summed E-state index contributed by atoms with van der Waals surface area (Å²) in [6.45, 7) is 5.16. The predicted molar refractivity (Wildman–Crippen MR) is 84.4 cm³/mol. The van der Waals surface area contributed by atoms with Crippen molar-refractivity contribution in [2.45, 2.75) is 20.3 Å². The topological polar surface area (TPSA) is 66.9 Å². The largest absolute Gasteiger partial charge is 0.354 e. The molecule has 0 saturated heterocycles. The number of carbonyl (C=O) groups is 1. The van der Waals surface area contributed by atoms with Crippen molar-refractivity contribution in [2.75, 3.05) is 17.2 Å². The average molecular weight is 284 g/mol. The van der Waals surface area contributed by atoms with Gasteiger partial charge < -0.3 is 10.6 Å². The monoisotopic (exact) mass is 284 g/mol. The number of hydrogen-bond acceptors (Lipinski definition) is 4. The van der Waals surface area contributed by atoms with Gasteiger partial charge in [-0.05, 0) is 24.5 Å². The van der Waals surface area contributed by atoms with Gasteiger partial charge in [0.2, 0.25) is 5.95 Å². The zero-order chi connectivity index (χ0) is 15.1. The summed E-state index contributed by atoms with van der Waals surface area (Å²) in [4.78, 5) is 20.3. The number of benzene rings is 1. The highest BCUT2D eigenvalue weighted by molar-refractivity contribution is 6.03. The lowest BCUT2D eigenvalue weighted by atomic mass is 10.1. The SMILES string of the molecule is CC(C)CCNc1ncc(C(=O)Nc2ccccc2)cn1. The lowest BCUT2D eigenvalue weighted by Crippen LogP contribution is -2.14. The fraction of sp³-hybridized carbons (Fsp3) is 0.312. The average Bonchev–Trinajstić information content (AvgIpc) is 2.48. The quantitative estimate of drug-likeness (QED) is 0.855. The van der Waals surface area contributed by atoms with Gasteiger partial charge in [0.25, 0.3) is 5.91 Å². The Balaban J connectivity index is 1.91. The third kappa shape index (κ3) is 4.87. The Morgan fingerprint density at radius 2 is 1.81 bits per heavy atom. The van der Waals surface area contributed by atoms with Crippen LogP contribution in [0.5, 0.6) is 0 Å². The number of aromatic nitrogens is 2. The zero-order valence-electron chi connectivity index (χ0n) is 12.3. The molecular formula is C16H20N4O. The van der Waals surface area contributed by atoms with Gasteiger partial charge in [-0.1, -0.05) is 32.0 Å². The minimum atomic E-state index is -0.213. The van der Waals surface area contributed by atoms with Crippen molar-refractivity contribution in [3.63, 3.8) is 0 Å². The maximum absolute atomic E-state index is 12.0. The second kappa shape index (κ2) is 7.38. The van der Waals surface area contributed by atoms with E-state index in [2.05, 4.69) is 34.4 Å².